The molecule has 0 amide bonds. The molecule has 0 aliphatic rings. The largest absolute Gasteiger partial charge is 0.490 e. The van der Waals surface area contributed by atoms with Crippen molar-refractivity contribution in [1.29, 1.82) is 0 Å². The van der Waals surface area contributed by atoms with E-state index in [0.717, 1.165) is 23.2 Å². The average molecular weight is 332 g/mol. The maximum Gasteiger partial charge on any atom is 0.179 e. The van der Waals surface area contributed by atoms with E-state index in [9.17, 15) is 0 Å². The molecule has 0 saturated carbocycles. The van der Waals surface area contributed by atoms with Gasteiger partial charge in [0, 0.05) is 6.21 Å². The van der Waals surface area contributed by atoms with E-state index in [1.807, 2.05) is 50.2 Å². The standard InChI is InChI=1S/C19H22ClNO2/c1-4-10-23-19-16(20)11-15(12-18(19)22-5-2)13-21-17-9-7-6-8-14(17)3/h6-9,11-13H,4-5,10H2,1-3H3. The van der Waals surface area contributed by atoms with Gasteiger partial charge in [-0.1, -0.05) is 36.7 Å². The van der Waals surface area contributed by atoms with Crippen molar-refractivity contribution < 1.29 is 9.47 Å². The van der Waals surface area contributed by atoms with Crippen molar-refractivity contribution in [2.24, 2.45) is 4.99 Å². The zero-order chi connectivity index (χ0) is 16.7. The maximum atomic E-state index is 6.35. The Bertz CT molecular complexity index is 683. The lowest BCUT2D eigenvalue weighted by molar-refractivity contribution is 0.277. The van der Waals surface area contributed by atoms with Gasteiger partial charge < -0.3 is 9.47 Å². The van der Waals surface area contributed by atoms with Crippen molar-refractivity contribution in [3.05, 3.63) is 52.5 Å². The number of aryl methyl sites for hydroxylation is 1. The summed E-state index contributed by atoms with van der Waals surface area (Å²) in [4.78, 5) is 4.53. The highest BCUT2D eigenvalue weighted by Gasteiger charge is 2.11. The van der Waals surface area contributed by atoms with E-state index in [-0.39, 0.29) is 0 Å². The first-order valence-electron chi connectivity index (χ1n) is 7.84. The number of aliphatic imine (C=N–C) groups is 1. The van der Waals surface area contributed by atoms with Gasteiger partial charge in [0.15, 0.2) is 11.5 Å². The summed E-state index contributed by atoms with van der Waals surface area (Å²) in [5, 5.41) is 0.538. The summed E-state index contributed by atoms with van der Waals surface area (Å²) in [5.74, 6) is 1.25. The maximum absolute atomic E-state index is 6.35. The summed E-state index contributed by atoms with van der Waals surface area (Å²) in [6.45, 7) is 7.18. The molecule has 0 aliphatic heterocycles. The summed E-state index contributed by atoms with van der Waals surface area (Å²) < 4.78 is 11.4. The van der Waals surface area contributed by atoms with Crippen LogP contribution in [0.15, 0.2) is 41.4 Å². The lowest BCUT2D eigenvalue weighted by atomic mass is 10.2. The van der Waals surface area contributed by atoms with Crippen LogP contribution in [0, 0.1) is 6.92 Å². The normalized spacial score (nSPS) is 11.0. The number of ether oxygens (including phenoxy) is 2. The quantitative estimate of drug-likeness (QED) is 0.619. The van der Waals surface area contributed by atoms with E-state index < -0.39 is 0 Å². The molecule has 2 aromatic rings. The van der Waals surface area contributed by atoms with Crippen LogP contribution < -0.4 is 9.47 Å². The van der Waals surface area contributed by atoms with Crippen molar-refractivity contribution in [3.8, 4) is 11.5 Å². The average Bonchev–Trinajstić information content (AvgIpc) is 2.54. The van der Waals surface area contributed by atoms with Gasteiger partial charge in [0.2, 0.25) is 0 Å². The molecule has 0 saturated heterocycles. The summed E-state index contributed by atoms with van der Waals surface area (Å²) in [7, 11) is 0. The first-order valence-corrected chi connectivity index (χ1v) is 8.22. The van der Waals surface area contributed by atoms with Crippen molar-refractivity contribution in [1.82, 2.24) is 0 Å². The molecule has 0 atom stereocenters. The van der Waals surface area contributed by atoms with Gasteiger partial charge in [-0.05, 0) is 49.6 Å². The second-order valence-corrected chi connectivity index (χ2v) is 5.56. The fourth-order valence-electron chi connectivity index (χ4n) is 2.12. The minimum absolute atomic E-state index is 0.538. The van der Waals surface area contributed by atoms with Crippen LogP contribution in [-0.4, -0.2) is 19.4 Å². The molecule has 3 nitrogen and oxygen atoms in total. The van der Waals surface area contributed by atoms with Crippen molar-refractivity contribution in [2.45, 2.75) is 27.2 Å². The second-order valence-electron chi connectivity index (χ2n) is 5.16. The highest BCUT2D eigenvalue weighted by Crippen LogP contribution is 2.36. The molecule has 122 valence electrons. The minimum Gasteiger partial charge on any atom is -0.490 e. The van der Waals surface area contributed by atoms with Gasteiger partial charge in [-0.2, -0.15) is 0 Å². The molecule has 4 heteroatoms. The Labute approximate surface area is 142 Å². The van der Waals surface area contributed by atoms with E-state index in [1.165, 1.54) is 0 Å². The third-order valence-corrected chi connectivity index (χ3v) is 3.53. The minimum atomic E-state index is 0.538. The molecular weight excluding hydrogens is 310 g/mol. The molecule has 2 aromatic carbocycles. The van der Waals surface area contributed by atoms with Crippen molar-refractivity contribution >= 4 is 23.5 Å². The molecule has 0 radical (unpaired) electrons. The summed E-state index contributed by atoms with van der Waals surface area (Å²) in [6.07, 6.45) is 2.71. The number of halogens is 1. The number of hydrogen-bond donors (Lipinski definition) is 0. The molecule has 0 aliphatic carbocycles. The molecule has 0 N–H and O–H groups in total. The SMILES string of the molecule is CCCOc1c(Cl)cc(C=Nc2ccccc2C)cc1OCC. The Morgan fingerprint density at radius 3 is 2.61 bits per heavy atom. The number of hydrogen-bond acceptors (Lipinski definition) is 3. The highest BCUT2D eigenvalue weighted by atomic mass is 35.5. The van der Waals surface area contributed by atoms with Gasteiger partial charge >= 0.3 is 0 Å². The second kappa shape index (κ2) is 8.59. The predicted octanol–water partition coefficient (Wildman–Crippen LogP) is 5.59. The van der Waals surface area contributed by atoms with Crippen LogP contribution in [0.3, 0.4) is 0 Å². The molecule has 23 heavy (non-hydrogen) atoms. The predicted molar refractivity (Wildman–Crippen MR) is 96.8 cm³/mol. The van der Waals surface area contributed by atoms with E-state index in [1.54, 1.807) is 6.21 Å². The molecule has 0 unspecified atom stereocenters. The monoisotopic (exact) mass is 331 g/mol. The number of nitrogens with zero attached hydrogens (tertiary/aromatic N) is 1. The fraction of sp³-hybridized carbons (Fsp3) is 0.316. The van der Waals surface area contributed by atoms with E-state index in [4.69, 9.17) is 21.1 Å². The van der Waals surface area contributed by atoms with Crippen LogP contribution in [0.25, 0.3) is 0 Å². The molecule has 0 heterocycles. The summed E-state index contributed by atoms with van der Waals surface area (Å²) in [6, 6.07) is 11.7. The number of benzene rings is 2. The van der Waals surface area contributed by atoms with Gasteiger partial charge in [-0.15, -0.1) is 0 Å². The smallest absolute Gasteiger partial charge is 0.179 e. The number of rotatable bonds is 7. The van der Waals surface area contributed by atoms with Crippen LogP contribution in [-0.2, 0) is 0 Å². The van der Waals surface area contributed by atoms with Gasteiger partial charge in [-0.25, -0.2) is 0 Å². The first kappa shape index (κ1) is 17.4. The lowest BCUT2D eigenvalue weighted by Gasteiger charge is -2.13. The van der Waals surface area contributed by atoms with E-state index in [0.29, 0.717) is 29.7 Å². The van der Waals surface area contributed by atoms with Crippen LogP contribution in [0.1, 0.15) is 31.4 Å². The zero-order valence-electron chi connectivity index (χ0n) is 13.8. The Balaban J connectivity index is 2.31. The highest BCUT2D eigenvalue weighted by molar-refractivity contribution is 6.32. The van der Waals surface area contributed by atoms with Crippen molar-refractivity contribution in [3.63, 3.8) is 0 Å². The van der Waals surface area contributed by atoms with Crippen LogP contribution >= 0.6 is 11.6 Å². The fourth-order valence-corrected chi connectivity index (χ4v) is 2.40. The van der Waals surface area contributed by atoms with Gasteiger partial charge in [0.05, 0.1) is 23.9 Å². The van der Waals surface area contributed by atoms with E-state index >= 15 is 0 Å². The Morgan fingerprint density at radius 1 is 1.13 bits per heavy atom. The Morgan fingerprint density at radius 2 is 1.91 bits per heavy atom. The van der Waals surface area contributed by atoms with Crippen molar-refractivity contribution in [2.75, 3.05) is 13.2 Å². The van der Waals surface area contributed by atoms with Crippen LogP contribution in [0.2, 0.25) is 5.02 Å². The van der Waals surface area contributed by atoms with E-state index in [2.05, 4.69) is 11.9 Å². The third-order valence-electron chi connectivity index (χ3n) is 3.25. The third kappa shape index (κ3) is 4.73. The van der Waals surface area contributed by atoms with Gasteiger partial charge in [-0.3, -0.25) is 4.99 Å². The molecule has 0 spiro atoms. The summed E-state index contributed by atoms with van der Waals surface area (Å²) in [5.41, 5.74) is 2.95. The van der Waals surface area contributed by atoms with Gasteiger partial charge in [0.25, 0.3) is 0 Å². The molecule has 2 rings (SSSR count). The Hall–Kier alpha value is -2.00. The van der Waals surface area contributed by atoms with Crippen LogP contribution in [0.4, 0.5) is 5.69 Å². The first-order chi connectivity index (χ1) is 11.2. The molecule has 0 fully saturated rings. The van der Waals surface area contributed by atoms with Crippen LogP contribution in [0.5, 0.6) is 11.5 Å². The number of para-hydroxylation sites is 1. The molecular formula is C19H22ClNO2. The molecule has 0 aromatic heterocycles. The molecule has 0 bridgehead atoms. The zero-order valence-corrected chi connectivity index (χ0v) is 14.6. The van der Waals surface area contributed by atoms with Gasteiger partial charge in [0.1, 0.15) is 0 Å². The Kier molecular flexibility index (Phi) is 6.48. The topological polar surface area (TPSA) is 30.8 Å². The lowest BCUT2D eigenvalue weighted by Crippen LogP contribution is -2.01. The summed E-state index contributed by atoms with van der Waals surface area (Å²) >= 11 is 6.35.